The molecule has 7 heteroatoms. The van der Waals surface area contributed by atoms with Crippen LogP contribution in [0.25, 0.3) is 0 Å². The van der Waals surface area contributed by atoms with Gasteiger partial charge in [0.05, 0.1) is 6.42 Å². The Morgan fingerprint density at radius 1 is 0.806 bits per heavy atom. The van der Waals surface area contributed by atoms with E-state index in [4.69, 9.17) is 4.74 Å². The third-order valence-corrected chi connectivity index (χ3v) is 8.87. The Kier molecular flexibility index (Phi) is 15.3. The van der Waals surface area contributed by atoms with Crippen molar-refractivity contribution >= 4 is 17.9 Å². The van der Waals surface area contributed by atoms with Crippen LogP contribution in [0.3, 0.4) is 0 Å². The fourth-order valence-corrected chi connectivity index (χ4v) is 5.69. The zero-order valence-electron chi connectivity index (χ0n) is 23.9. The summed E-state index contributed by atoms with van der Waals surface area (Å²) in [5.74, 6) is -0.750. The SMILES string of the molecule is CCN1CC(=O)N(CCCCC(CC)(CC)CCCCOCCCCC(CC)(CC)CC(=O)O)C1=O. The molecule has 0 saturated carbocycles. The molecule has 0 unspecified atom stereocenters. The van der Waals surface area contributed by atoms with Gasteiger partial charge in [-0.15, -0.1) is 0 Å². The van der Waals surface area contributed by atoms with Gasteiger partial charge in [-0.3, -0.25) is 14.5 Å². The highest BCUT2D eigenvalue weighted by molar-refractivity contribution is 6.01. The quantitative estimate of drug-likeness (QED) is 0.127. The van der Waals surface area contributed by atoms with E-state index in [1.54, 1.807) is 4.90 Å². The Hall–Kier alpha value is -1.63. The number of urea groups is 1. The average Bonchev–Trinajstić information content (AvgIpc) is 3.15. The second-order valence-corrected chi connectivity index (χ2v) is 10.8. The predicted octanol–water partition coefficient (Wildman–Crippen LogP) is 6.89. The first kappa shape index (κ1) is 32.4. The number of aliphatic carboxylic acids is 1. The molecule has 0 bridgehead atoms. The van der Waals surface area contributed by atoms with E-state index in [-0.39, 0.29) is 30.3 Å². The molecule has 0 atom stereocenters. The molecule has 0 aromatic carbocycles. The molecule has 36 heavy (non-hydrogen) atoms. The topological polar surface area (TPSA) is 87.2 Å². The first-order valence-electron chi connectivity index (χ1n) is 14.6. The highest BCUT2D eigenvalue weighted by Gasteiger charge is 2.34. The number of amides is 3. The minimum absolute atomic E-state index is 0.0607. The van der Waals surface area contributed by atoms with E-state index in [9.17, 15) is 19.5 Å². The summed E-state index contributed by atoms with van der Waals surface area (Å²) < 4.78 is 5.88. The fourth-order valence-electron chi connectivity index (χ4n) is 5.69. The summed E-state index contributed by atoms with van der Waals surface area (Å²) in [4.78, 5) is 38.6. The molecule has 210 valence electrons. The molecular weight excluding hydrogens is 456 g/mol. The molecular formula is C29H54N2O5. The molecule has 3 amide bonds. The Morgan fingerprint density at radius 3 is 1.75 bits per heavy atom. The van der Waals surface area contributed by atoms with Gasteiger partial charge in [0.25, 0.3) is 0 Å². The third kappa shape index (κ3) is 10.4. The van der Waals surface area contributed by atoms with Gasteiger partial charge in [-0.05, 0) is 69.1 Å². The van der Waals surface area contributed by atoms with Crippen molar-refractivity contribution in [3.63, 3.8) is 0 Å². The molecule has 1 rings (SSSR count). The standard InChI is InChI=1S/C29H54N2O5/c1-6-28(7-2,17-11-14-20-31-25(32)24-30(10-5)27(31)35)18-12-15-21-36-22-16-13-19-29(8-3,9-4)23-26(33)34/h6-24H2,1-5H3,(H,33,34). The molecule has 1 aliphatic rings. The Balaban J connectivity index is 2.23. The van der Waals surface area contributed by atoms with Crippen LogP contribution in [-0.4, -0.2) is 65.7 Å². The van der Waals surface area contributed by atoms with E-state index in [0.717, 1.165) is 90.3 Å². The van der Waals surface area contributed by atoms with Crippen LogP contribution in [-0.2, 0) is 14.3 Å². The van der Waals surface area contributed by atoms with Gasteiger partial charge in [0, 0.05) is 26.3 Å². The number of ether oxygens (including phenoxy) is 1. The van der Waals surface area contributed by atoms with Gasteiger partial charge in [0.15, 0.2) is 0 Å². The summed E-state index contributed by atoms with van der Waals surface area (Å²) in [5.41, 5.74) is 0.271. The van der Waals surface area contributed by atoms with Gasteiger partial charge in [-0.25, -0.2) is 4.79 Å². The van der Waals surface area contributed by atoms with Crippen LogP contribution in [0, 0.1) is 10.8 Å². The smallest absolute Gasteiger partial charge is 0.327 e. The van der Waals surface area contributed by atoms with E-state index >= 15 is 0 Å². The van der Waals surface area contributed by atoms with Crippen molar-refractivity contribution in [3.8, 4) is 0 Å². The number of carboxylic acids is 1. The fraction of sp³-hybridized carbons (Fsp3) is 0.897. The van der Waals surface area contributed by atoms with Crippen molar-refractivity contribution in [2.24, 2.45) is 10.8 Å². The summed E-state index contributed by atoms with van der Waals surface area (Å²) in [6.45, 7) is 13.6. The Morgan fingerprint density at radius 2 is 1.31 bits per heavy atom. The van der Waals surface area contributed by atoms with E-state index in [1.807, 2.05) is 6.92 Å². The molecule has 1 fully saturated rings. The number of hydrogen-bond acceptors (Lipinski definition) is 4. The van der Waals surface area contributed by atoms with Crippen molar-refractivity contribution in [2.45, 2.75) is 125 Å². The number of hydrogen-bond donors (Lipinski definition) is 1. The van der Waals surface area contributed by atoms with Crippen molar-refractivity contribution in [2.75, 3.05) is 32.8 Å². The van der Waals surface area contributed by atoms with Gasteiger partial charge in [-0.2, -0.15) is 0 Å². The maximum Gasteiger partial charge on any atom is 0.327 e. The molecule has 0 radical (unpaired) electrons. The summed E-state index contributed by atoms with van der Waals surface area (Å²) in [6, 6.07) is -0.130. The monoisotopic (exact) mass is 510 g/mol. The van der Waals surface area contributed by atoms with E-state index in [1.165, 1.54) is 11.3 Å². The van der Waals surface area contributed by atoms with Crippen LogP contribution in [0.1, 0.15) is 125 Å². The van der Waals surface area contributed by atoms with Crippen LogP contribution >= 0.6 is 0 Å². The maximum atomic E-state index is 12.2. The number of carboxylic acid groups (broad SMARTS) is 1. The van der Waals surface area contributed by atoms with Crippen molar-refractivity contribution < 1.29 is 24.2 Å². The molecule has 1 aliphatic heterocycles. The molecule has 1 heterocycles. The number of rotatable bonds is 22. The number of carbonyl (C=O) groups is 3. The lowest BCUT2D eigenvalue weighted by Crippen LogP contribution is -2.33. The number of likely N-dealkylation sites (N-methyl/N-ethyl adjacent to an activating group) is 1. The highest BCUT2D eigenvalue weighted by Crippen LogP contribution is 2.38. The Labute approximate surface area is 220 Å². The lowest BCUT2D eigenvalue weighted by atomic mass is 9.74. The normalized spacial score (nSPS) is 14.8. The molecule has 0 spiro atoms. The number of unbranched alkanes of at least 4 members (excludes halogenated alkanes) is 3. The average molecular weight is 511 g/mol. The molecule has 7 nitrogen and oxygen atoms in total. The minimum Gasteiger partial charge on any atom is -0.481 e. The zero-order valence-corrected chi connectivity index (χ0v) is 23.9. The number of nitrogens with zero attached hydrogens (tertiary/aromatic N) is 2. The van der Waals surface area contributed by atoms with E-state index in [2.05, 4.69) is 27.7 Å². The van der Waals surface area contributed by atoms with Gasteiger partial charge < -0.3 is 14.7 Å². The first-order chi connectivity index (χ1) is 17.2. The molecule has 1 saturated heterocycles. The van der Waals surface area contributed by atoms with Crippen molar-refractivity contribution in [1.29, 1.82) is 0 Å². The summed E-state index contributed by atoms with van der Waals surface area (Å²) in [6.07, 6.45) is 13.9. The molecule has 0 aromatic rings. The molecule has 0 aromatic heterocycles. The number of carbonyl (C=O) groups excluding carboxylic acids is 2. The van der Waals surface area contributed by atoms with Gasteiger partial charge in [0.2, 0.25) is 5.91 Å². The second kappa shape index (κ2) is 17.0. The predicted molar refractivity (Wildman–Crippen MR) is 145 cm³/mol. The van der Waals surface area contributed by atoms with Gasteiger partial charge in [-0.1, -0.05) is 59.8 Å². The highest BCUT2D eigenvalue weighted by atomic mass is 16.5. The van der Waals surface area contributed by atoms with E-state index in [0.29, 0.717) is 18.5 Å². The summed E-state index contributed by atoms with van der Waals surface area (Å²) in [7, 11) is 0. The zero-order chi connectivity index (χ0) is 27.0. The summed E-state index contributed by atoms with van der Waals surface area (Å²) in [5, 5.41) is 9.22. The van der Waals surface area contributed by atoms with E-state index < -0.39 is 5.97 Å². The van der Waals surface area contributed by atoms with Crippen LogP contribution in [0.5, 0.6) is 0 Å². The van der Waals surface area contributed by atoms with Crippen LogP contribution < -0.4 is 0 Å². The van der Waals surface area contributed by atoms with Crippen molar-refractivity contribution in [3.05, 3.63) is 0 Å². The number of imide groups is 1. The van der Waals surface area contributed by atoms with Crippen LogP contribution in [0.15, 0.2) is 0 Å². The lowest BCUT2D eigenvalue weighted by molar-refractivity contribution is -0.140. The van der Waals surface area contributed by atoms with Crippen LogP contribution in [0.2, 0.25) is 0 Å². The van der Waals surface area contributed by atoms with Crippen molar-refractivity contribution in [1.82, 2.24) is 9.80 Å². The first-order valence-corrected chi connectivity index (χ1v) is 14.6. The Bertz CT molecular complexity index is 658. The molecule has 0 aliphatic carbocycles. The molecule has 1 N–H and O–H groups in total. The summed E-state index contributed by atoms with van der Waals surface area (Å²) >= 11 is 0. The second-order valence-electron chi connectivity index (χ2n) is 10.8. The van der Waals surface area contributed by atoms with Gasteiger partial charge in [0.1, 0.15) is 6.54 Å². The third-order valence-electron chi connectivity index (χ3n) is 8.87. The maximum absolute atomic E-state index is 12.2. The van der Waals surface area contributed by atoms with Gasteiger partial charge >= 0.3 is 12.0 Å². The minimum atomic E-state index is -0.690. The van der Waals surface area contributed by atoms with Crippen LogP contribution in [0.4, 0.5) is 4.79 Å². The largest absolute Gasteiger partial charge is 0.481 e. The lowest BCUT2D eigenvalue weighted by Gasteiger charge is -2.32.